The van der Waals surface area contributed by atoms with Crippen LogP contribution in [0.1, 0.15) is 43.0 Å². The molecule has 0 atom stereocenters. The molecule has 1 aromatic carbocycles. The fraction of sp³-hybridized carbons (Fsp3) is 0.429. The molecule has 1 saturated carbocycles. The number of benzene rings is 1. The number of nitrogens with one attached hydrogen (secondary N) is 1. The average molecular weight is 307 g/mol. The zero-order valence-corrected chi connectivity index (χ0v) is 12.6. The van der Waals surface area contributed by atoms with Crippen molar-refractivity contribution in [1.29, 1.82) is 0 Å². The Morgan fingerprint density at radius 3 is 2.86 bits per heavy atom. The summed E-state index contributed by atoms with van der Waals surface area (Å²) in [6.07, 6.45) is 2.92. The van der Waals surface area contributed by atoms with Gasteiger partial charge in [0.1, 0.15) is 0 Å². The number of aryl methyl sites for hydroxylation is 1. The van der Waals surface area contributed by atoms with Gasteiger partial charge in [-0.15, -0.1) is 10.2 Å². The Bertz CT molecular complexity index is 735. The average Bonchev–Trinajstić information content (AvgIpc) is 3.24. The molecule has 6 nitrogen and oxygen atoms in total. The summed E-state index contributed by atoms with van der Waals surface area (Å²) >= 11 is 0. The lowest BCUT2D eigenvalue weighted by molar-refractivity contribution is 0.445. The second kappa shape index (κ2) is 5.57. The Labute approximate surface area is 123 Å². The summed E-state index contributed by atoms with van der Waals surface area (Å²) in [5.41, 5.74) is 0.978. The van der Waals surface area contributed by atoms with Gasteiger partial charge in [-0.05, 0) is 37.0 Å². The van der Waals surface area contributed by atoms with Crippen LogP contribution in [0.2, 0.25) is 0 Å². The van der Waals surface area contributed by atoms with Crippen molar-refractivity contribution in [2.24, 2.45) is 0 Å². The molecular formula is C14H17N3O3S. The van der Waals surface area contributed by atoms with Crippen molar-refractivity contribution < 1.29 is 12.8 Å². The van der Waals surface area contributed by atoms with Gasteiger partial charge in [-0.25, -0.2) is 13.1 Å². The smallest absolute Gasteiger partial charge is 0.241 e. The van der Waals surface area contributed by atoms with Gasteiger partial charge < -0.3 is 4.42 Å². The number of rotatable bonds is 6. The van der Waals surface area contributed by atoms with Crippen LogP contribution in [0.5, 0.6) is 0 Å². The Hall–Kier alpha value is -1.73. The molecule has 0 unspecified atom stereocenters. The van der Waals surface area contributed by atoms with E-state index in [-0.39, 0.29) is 11.4 Å². The van der Waals surface area contributed by atoms with Gasteiger partial charge in [0.15, 0.2) is 0 Å². The third kappa shape index (κ3) is 3.30. The van der Waals surface area contributed by atoms with Gasteiger partial charge in [-0.1, -0.05) is 19.1 Å². The van der Waals surface area contributed by atoms with Gasteiger partial charge in [0.25, 0.3) is 0 Å². The molecule has 0 radical (unpaired) electrons. The van der Waals surface area contributed by atoms with Crippen LogP contribution < -0.4 is 4.72 Å². The summed E-state index contributed by atoms with van der Waals surface area (Å²) in [6, 6.07) is 6.89. The van der Waals surface area contributed by atoms with Crippen molar-refractivity contribution in [2.75, 3.05) is 0 Å². The van der Waals surface area contributed by atoms with Crippen LogP contribution in [-0.4, -0.2) is 18.6 Å². The molecule has 0 spiro atoms. The van der Waals surface area contributed by atoms with E-state index in [1.165, 1.54) is 0 Å². The van der Waals surface area contributed by atoms with E-state index in [0.29, 0.717) is 17.7 Å². The highest BCUT2D eigenvalue weighted by Crippen LogP contribution is 2.38. The van der Waals surface area contributed by atoms with E-state index in [9.17, 15) is 8.42 Å². The van der Waals surface area contributed by atoms with E-state index >= 15 is 0 Å². The third-order valence-electron chi connectivity index (χ3n) is 3.44. The molecule has 112 valence electrons. The van der Waals surface area contributed by atoms with Gasteiger partial charge in [-0.2, -0.15) is 0 Å². The van der Waals surface area contributed by atoms with Crippen LogP contribution >= 0.6 is 0 Å². The van der Waals surface area contributed by atoms with Crippen LogP contribution in [0.25, 0.3) is 0 Å². The molecule has 1 aliphatic rings. The van der Waals surface area contributed by atoms with E-state index in [0.717, 1.165) is 24.8 Å². The summed E-state index contributed by atoms with van der Waals surface area (Å²) < 4.78 is 32.4. The second-order valence-electron chi connectivity index (χ2n) is 5.13. The largest absolute Gasteiger partial charge is 0.424 e. The number of nitrogens with zero attached hydrogens (tertiary/aromatic N) is 2. The molecule has 1 aromatic heterocycles. The van der Waals surface area contributed by atoms with Gasteiger partial charge >= 0.3 is 0 Å². The monoisotopic (exact) mass is 307 g/mol. The minimum atomic E-state index is -3.56. The second-order valence-corrected chi connectivity index (χ2v) is 6.90. The fourth-order valence-electron chi connectivity index (χ4n) is 2.01. The number of aromatic nitrogens is 2. The quantitative estimate of drug-likeness (QED) is 0.882. The standard InChI is InChI=1S/C14H17N3O3S/c1-2-10-4-3-5-12(8-10)21(18,19)15-9-13-16-17-14(20-13)11-6-7-11/h3-5,8,11,15H,2,6-7,9H2,1H3. The lowest BCUT2D eigenvalue weighted by atomic mass is 10.2. The molecular weight excluding hydrogens is 290 g/mol. The SMILES string of the molecule is CCc1cccc(S(=O)(=O)NCc2nnc(C3CC3)o2)c1. The minimum absolute atomic E-state index is 0.0123. The van der Waals surface area contributed by atoms with Crippen LogP contribution in [0, 0.1) is 0 Å². The van der Waals surface area contributed by atoms with Crippen molar-refractivity contribution in [3.05, 3.63) is 41.6 Å². The molecule has 21 heavy (non-hydrogen) atoms. The Morgan fingerprint density at radius 1 is 1.33 bits per heavy atom. The van der Waals surface area contributed by atoms with Crippen molar-refractivity contribution in [1.82, 2.24) is 14.9 Å². The first kappa shape index (κ1) is 14.2. The lowest BCUT2D eigenvalue weighted by Gasteiger charge is -2.06. The Morgan fingerprint density at radius 2 is 2.14 bits per heavy atom. The fourth-order valence-corrected chi connectivity index (χ4v) is 3.05. The summed E-state index contributed by atoms with van der Waals surface area (Å²) in [7, 11) is -3.56. The van der Waals surface area contributed by atoms with Crippen LogP contribution in [-0.2, 0) is 23.0 Å². The molecule has 0 aliphatic heterocycles. The molecule has 1 fully saturated rings. The molecule has 1 aliphatic carbocycles. The summed E-state index contributed by atoms with van der Waals surface area (Å²) in [4.78, 5) is 0.254. The molecule has 2 aromatic rings. The molecule has 1 N–H and O–H groups in total. The highest BCUT2D eigenvalue weighted by atomic mass is 32.2. The van der Waals surface area contributed by atoms with Crippen molar-refractivity contribution in [3.63, 3.8) is 0 Å². The summed E-state index contributed by atoms with van der Waals surface area (Å²) in [5, 5.41) is 7.79. The lowest BCUT2D eigenvalue weighted by Crippen LogP contribution is -2.23. The first-order valence-corrected chi connectivity index (χ1v) is 8.47. The maximum absolute atomic E-state index is 12.2. The molecule has 3 rings (SSSR count). The van der Waals surface area contributed by atoms with Crippen LogP contribution in [0.15, 0.2) is 33.6 Å². The first-order valence-electron chi connectivity index (χ1n) is 6.99. The Kier molecular flexibility index (Phi) is 3.77. The van der Waals surface area contributed by atoms with Crippen molar-refractivity contribution in [2.45, 2.75) is 43.5 Å². The molecule has 0 amide bonds. The zero-order chi connectivity index (χ0) is 14.9. The van der Waals surface area contributed by atoms with E-state index in [1.54, 1.807) is 18.2 Å². The molecule has 7 heteroatoms. The Balaban J connectivity index is 1.69. The summed E-state index contributed by atoms with van der Waals surface area (Å²) in [5.74, 6) is 1.27. The zero-order valence-electron chi connectivity index (χ0n) is 11.7. The first-order chi connectivity index (χ1) is 10.1. The van der Waals surface area contributed by atoms with Gasteiger partial charge in [0.05, 0.1) is 11.4 Å². The van der Waals surface area contributed by atoms with Crippen LogP contribution in [0.4, 0.5) is 0 Å². The van der Waals surface area contributed by atoms with E-state index in [1.807, 2.05) is 13.0 Å². The number of hydrogen-bond acceptors (Lipinski definition) is 5. The molecule has 1 heterocycles. The topological polar surface area (TPSA) is 85.1 Å². The highest BCUT2D eigenvalue weighted by Gasteiger charge is 2.29. The third-order valence-corrected chi connectivity index (χ3v) is 4.84. The number of hydrogen-bond donors (Lipinski definition) is 1. The molecule has 0 bridgehead atoms. The van der Waals surface area contributed by atoms with E-state index < -0.39 is 10.0 Å². The minimum Gasteiger partial charge on any atom is -0.424 e. The molecule has 0 saturated heterocycles. The van der Waals surface area contributed by atoms with Crippen molar-refractivity contribution in [3.8, 4) is 0 Å². The predicted molar refractivity (Wildman–Crippen MR) is 76.1 cm³/mol. The van der Waals surface area contributed by atoms with E-state index in [4.69, 9.17) is 4.42 Å². The maximum Gasteiger partial charge on any atom is 0.241 e. The van der Waals surface area contributed by atoms with Gasteiger partial charge in [0, 0.05) is 5.92 Å². The van der Waals surface area contributed by atoms with Crippen LogP contribution in [0.3, 0.4) is 0 Å². The van der Waals surface area contributed by atoms with E-state index in [2.05, 4.69) is 14.9 Å². The van der Waals surface area contributed by atoms with Gasteiger partial charge in [-0.3, -0.25) is 0 Å². The highest BCUT2D eigenvalue weighted by molar-refractivity contribution is 7.89. The van der Waals surface area contributed by atoms with Crippen molar-refractivity contribution >= 4 is 10.0 Å². The normalized spacial score (nSPS) is 15.3. The predicted octanol–water partition coefficient (Wildman–Crippen LogP) is 1.99. The van der Waals surface area contributed by atoms with Gasteiger partial charge in [0.2, 0.25) is 21.8 Å². The summed E-state index contributed by atoms with van der Waals surface area (Å²) in [6.45, 7) is 2.00. The number of sulfonamides is 1. The maximum atomic E-state index is 12.2.